The van der Waals surface area contributed by atoms with Gasteiger partial charge in [0, 0.05) is 13.0 Å². The third-order valence-corrected chi connectivity index (χ3v) is 3.45. The highest BCUT2D eigenvalue weighted by molar-refractivity contribution is 5.76. The Balaban J connectivity index is 1.83. The molecule has 1 aromatic rings. The summed E-state index contributed by atoms with van der Waals surface area (Å²) in [6.07, 6.45) is 1.12. The molecule has 0 radical (unpaired) electrons. The molecular weight excluding hydrogens is 254 g/mol. The molecule has 1 N–H and O–H groups in total. The number of hydrogen-bond donors (Lipinski definition) is 1. The molecular formula is C15H19N3O2. The van der Waals surface area contributed by atoms with E-state index in [0.29, 0.717) is 38.1 Å². The molecule has 1 fully saturated rings. The van der Waals surface area contributed by atoms with E-state index in [1.807, 2.05) is 24.1 Å². The van der Waals surface area contributed by atoms with Gasteiger partial charge in [0.25, 0.3) is 0 Å². The summed E-state index contributed by atoms with van der Waals surface area (Å²) in [6, 6.07) is 9.46. The Morgan fingerprint density at radius 1 is 1.50 bits per heavy atom. The van der Waals surface area contributed by atoms with Crippen LogP contribution < -0.4 is 5.32 Å². The molecule has 0 aromatic heterocycles. The number of aryl methyl sites for hydroxylation is 1. The first-order valence-electron chi connectivity index (χ1n) is 6.78. The highest BCUT2D eigenvalue weighted by atomic mass is 16.5. The number of rotatable bonds is 4. The molecule has 106 valence electrons. The minimum Gasteiger partial charge on any atom is -0.360 e. The summed E-state index contributed by atoms with van der Waals surface area (Å²) >= 11 is 0. The number of carbonyl (C=O) groups excluding carboxylic acids is 1. The standard InChI is InChI=1S/C15H19N3O2/c1-17-14-11-18(8-9-20-14)15(19)7-6-12-2-4-13(10-16)5-3-12/h2-5,14,17H,6-9,11H2,1H3. The number of likely N-dealkylation sites (N-methyl/N-ethyl adjacent to an activating group) is 1. The molecule has 1 atom stereocenters. The van der Waals surface area contributed by atoms with Crippen LogP contribution in [0.4, 0.5) is 0 Å². The summed E-state index contributed by atoms with van der Waals surface area (Å²) < 4.78 is 5.46. The van der Waals surface area contributed by atoms with Gasteiger partial charge >= 0.3 is 0 Å². The third kappa shape index (κ3) is 3.80. The lowest BCUT2D eigenvalue weighted by molar-refractivity contribution is -0.139. The largest absolute Gasteiger partial charge is 0.360 e. The number of hydrogen-bond acceptors (Lipinski definition) is 4. The van der Waals surface area contributed by atoms with Crippen LogP contribution in [0.1, 0.15) is 17.5 Å². The van der Waals surface area contributed by atoms with Crippen LogP contribution in [0, 0.1) is 11.3 Å². The van der Waals surface area contributed by atoms with Crippen molar-refractivity contribution in [2.24, 2.45) is 0 Å². The van der Waals surface area contributed by atoms with Gasteiger partial charge in [-0.15, -0.1) is 0 Å². The Morgan fingerprint density at radius 2 is 2.25 bits per heavy atom. The zero-order valence-corrected chi connectivity index (χ0v) is 11.6. The van der Waals surface area contributed by atoms with Gasteiger partial charge in [-0.25, -0.2) is 0 Å². The molecule has 5 heteroatoms. The van der Waals surface area contributed by atoms with Gasteiger partial charge in [0.1, 0.15) is 6.23 Å². The van der Waals surface area contributed by atoms with Gasteiger partial charge in [0.15, 0.2) is 0 Å². The van der Waals surface area contributed by atoms with Crippen molar-refractivity contribution in [3.8, 4) is 6.07 Å². The fourth-order valence-corrected chi connectivity index (χ4v) is 2.21. The molecule has 1 unspecified atom stereocenters. The van der Waals surface area contributed by atoms with Gasteiger partial charge in [-0.3, -0.25) is 10.1 Å². The van der Waals surface area contributed by atoms with Crippen molar-refractivity contribution < 1.29 is 9.53 Å². The van der Waals surface area contributed by atoms with Crippen LogP contribution in [0.2, 0.25) is 0 Å². The average molecular weight is 273 g/mol. The van der Waals surface area contributed by atoms with Crippen LogP contribution in [0.15, 0.2) is 24.3 Å². The van der Waals surface area contributed by atoms with Crippen molar-refractivity contribution in [3.63, 3.8) is 0 Å². The second kappa shape index (κ2) is 7.04. The topological polar surface area (TPSA) is 65.4 Å². The number of ether oxygens (including phenoxy) is 1. The van der Waals surface area contributed by atoms with Crippen LogP contribution >= 0.6 is 0 Å². The van der Waals surface area contributed by atoms with E-state index >= 15 is 0 Å². The molecule has 0 saturated carbocycles. The van der Waals surface area contributed by atoms with Gasteiger partial charge in [0.05, 0.1) is 24.8 Å². The first-order chi connectivity index (χ1) is 9.72. The molecule has 2 rings (SSSR count). The number of nitriles is 1. The zero-order chi connectivity index (χ0) is 14.4. The summed E-state index contributed by atoms with van der Waals surface area (Å²) in [5.74, 6) is 0.151. The monoisotopic (exact) mass is 273 g/mol. The zero-order valence-electron chi connectivity index (χ0n) is 11.6. The van der Waals surface area contributed by atoms with Gasteiger partial charge in [-0.1, -0.05) is 12.1 Å². The van der Waals surface area contributed by atoms with E-state index in [9.17, 15) is 4.79 Å². The molecule has 20 heavy (non-hydrogen) atoms. The Morgan fingerprint density at radius 3 is 2.90 bits per heavy atom. The van der Waals surface area contributed by atoms with E-state index in [2.05, 4.69) is 11.4 Å². The SMILES string of the molecule is CNC1CN(C(=O)CCc2ccc(C#N)cc2)CCO1. The van der Waals surface area contributed by atoms with E-state index in [1.54, 1.807) is 12.1 Å². The van der Waals surface area contributed by atoms with Crippen LogP contribution in [-0.2, 0) is 16.0 Å². The molecule has 0 aliphatic carbocycles. The Labute approximate surface area is 119 Å². The average Bonchev–Trinajstić information content (AvgIpc) is 2.53. The lowest BCUT2D eigenvalue weighted by Crippen LogP contribution is -2.50. The van der Waals surface area contributed by atoms with Crippen molar-refractivity contribution in [3.05, 3.63) is 35.4 Å². The number of nitrogens with zero attached hydrogens (tertiary/aromatic N) is 2. The van der Waals surface area contributed by atoms with Gasteiger partial charge in [-0.2, -0.15) is 5.26 Å². The van der Waals surface area contributed by atoms with Crippen molar-refractivity contribution >= 4 is 5.91 Å². The van der Waals surface area contributed by atoms with Crippen LogP contribution in [0.25, 0.3) is 0 Å². The Hall–Kier alpha value is -1.90. The lowest BCUT2D eigenvalue weighted by Gasteiger charge is -2.32. The maximum atomic E-state index is 12.1. The van der Waals surface area contributed by atoms with E-state index in [0.717, 1.165) is 5.56 Å². The normalized spacial score (nSPS) is 18.6. The molecule has 1 aliphatic rings. The highest BCUT2D eigenvalue weighted by Gasteiger charge is 2.22. The Kier molecular flexibility index (Phi) is 5.10. The van der Waals surface area contributed by atoms with Gasteiger partial charge in [0.2, 0.25) is 5.91 Å². The summed E-state index contributed by atoms with van der Waals surface area (Å²) in [5, 5.41) is 11.8. The fourth-order valence-electron chi connectivity index (χ4n) is 2.21. The van der Waals surface area contributed by atoms with Crippen LogP contribution in [0.5, 0.6) is 0 Å². The molecule has 1 aliphatic heterocycles. The predicted octanol–water partition coefficient (Wildman–Crippen LogP) is 0.895. The lowest BCUT2D eigenvalue weighted by atomic mass is 10.1. The number of morpholine rings is 1. The van der Waals surface area contributed by atoms with Gasteiger partial charge in [-0.05, 0) is 31.2 Å². The molecule has 1 heterocycles. The molecule has 1 aromatic carbocycles. The van der Waals surface area contributed by atoms with Crippen molar-refractivity contribution in [2.75, 3.05) is 26.7 Å². The number of nitrogens with one attached hydrogen (secondary N) is 1. The fraction of sp³-hybridized carbons (Fsp3) is 0.467. The quantitative estimate of drug-likeness (QED) is 0.885. The molecule has 0 spiro atoms. The maximum absolute atomic E-state index is 12.1. The molecule has 0 bridgehead atoms. The van der Waals surface area contributed by atoms with E-state index in [1.165, 1.54) is 0 Å². The van der Waals surface area contributed by atoms with E-state index < -0.39 is 0 Å². The molecule has 1 amide bonds. The molecule has 5 nitrogen and oxygen atoms in total. The van der Waals surface area contributed by atoms with E-state index in [-0.39, 0.29) is 12.1 Å². The first kappa shape index (κ1) is 14.5. The third-order valence-electron chi connectivity index (χ3n) is 3.45. The van der Waals surface area contributed by atoms with Gasteiger partial charge < -0.3 is 9.64 Å². The number of carbonyl (C=O) groups is 1. The van der Waals surface area contributed by atoms with Crippen LogP contribution in [0.3, 0.4) is 0 Å². The highest BCUT2D eigenvalue weighted by Crippen LogP contribution is 2.09. The minimum atomic E-state index is -0.0670. The van der Waals surface area contributed by atoms with Crippen molar-refractivity contribution in [1.29, 1.82) is 5.26 Å². The van der Waals surface area contributed by atoms with E-state index in [4.69, 9.17) is 10.00 Å². The number of benzene rings is 1. The second-order valence-corrected chi connectivity index (χ2v) is 4.80. The summed E-state index contributed by atoms with van der Waals surface area (Å²) in [4.78, 5) is 14.0. The first-order valence-corrected chi connectivity index (χ1v) is 6.78. The maximum Gasteiger partial charge on any atom is 0.223 e. The summed E-state index contributed by atoms with van der Waals surface area (Å²) in [5.41, 5.74) is 1.72. The molecule has 1 saturated heterocycles. The Bertz CT molecular complexity index is 493. The summed E-state index contributed by atoms with van der Waals surface area (Å²) in [6.45, 7) is 1.83. The van der Waals surface area contributed by atoms with Crippen molar-refractivity contribution in [1.82, 2.24) is 10.2 Å². The summed E-state index contributed by atoms with van der Waals surface area (Å²) in [7, 11) is 1.83. The smallest absolute Gasteiger partial charge is 0.223 e. The van der Waals surface area contributed by atoms with Crippen LogP contribution in [-0.4, -0.2) is 43.8 Å². The van der Waals surface area contributed by atoms with Crippen molar-refractivity contribution in [2.45, 2.75) is 19.1 Å². The minimum absolute atomic E-state index is 0.0670. The number of amides is 1. The predicted molar refractivity (Wildman–Crippen MR) is 74.9 cm³/mol. The second-order valence-electron chi connectivity index (χ2n) is 4.80.